The Balaban J connectivity index is 2.08. The van der Waals surface area contributed by atoms with E-state index < -0.39 is 23.2 Å². The number of carboxylic acids is 1. The molecule has 21 heavy (non-hydrogen) atoms. The minimum Gasteiger partial charge on any atom is -0.479 e. The molecular formula is C14H21N3O4. The molecule has 1 amide bonds. The van der Waals surface area contributed by atoms with Crippen molar-refractivity contribution in [2.24, 2.45) is 0 Å². The zero-order valence-electron chi connectivity index (χ0n) is 12.6. The summed E-state index contributed by atoms with van der Waals surface area (Å²) in [7, 11) is 0. The number of hydrogen-bond donors (Lipinski definition) is 1. The largest absolute Gasteiger partial charge is 0.479 e. The molecule has 1 N–H and O–H groups in total. The van der Waals surface area contributed by atoms with Crippen molar-refractivity contribution in [1.29, 1.82) is 0 Å². The quantitative estimate of drug-likeness (QED) is 0.897. The first-order valence-corrected chi connectivity index (χ1v) is 6.96. The maximum absolute atomic E-state index is 12.0. The van der Waals surface area contributed by atoms with Gasteiger partial charge in [-0.3, -0.25) is 4.68 Å². The van der Waals surface area contributed by atoms with Crippen LogP contribution in [0.5, 0.6) is 0 Å². The predicted molar refractivity (Wildman–Crippen MR) is 74.9 cm³/mol. The van der Waals surface area contributed by atoms with E-state index in [4.69, 9.17) is 4.74 Å². The summed E-state index contributed by atoms with van der Waals surface area (Å²) in [4.78, 5) is 25.3. The Bertz CT molecular complexity index is 511. The molecule has 1 saturated heterocycles. The van der Waals surface area contributed by atoms with Crippen LogP contribution in [-0.2, 0) is 15.1 Å². The Kier molecular flexibility index (Phi) is 3.93. The summed E-state index contributed by atoms with van der Waals surface area (Å²) in [6, 6.07) is 1.70. The number of carboxylic acid groups (broad SMARTS) is 1. The summed E-state index contributed by atoms with van der Waals surface area (Å²) < 4.78 is 6.79. The van der Waals surface area contributed by atoms with Gasteiger partial charge in [0.25, 0.3) is 0 Å². The molecular weight excluding hydrogens is 274 g/mol. The molecule has 2 heterocycles. The lowest BCUT2D eigenvalue weighted by atomic mass is 9.88. The minimum absolute atomic E-state index is 0.309. The van der Waals surface area contributed by atoms with Gasteiger partial charge in [0.2, 0.25) is 0 Å². The third-order valence-corrected chi connectivity index (χ3v) is 3.58. The summed E-state index contributed by atoms with van der Waals surface area (Å²) >= 11 is 0. The first kappa shape index (κ1) is 15.3. The van der Waals surface area contributed by atoms with Gasteiger partial charge in [0, 0.05) is 38.3 Å². The van der Waals surface area contributed by atoms with Crippen molar-refractivity contribution in [2.75, 3.05) is 13.1 Å². The molecule has 0 aromatic carbocycles. The SMILES string of the molecule is CC(C)(C)OC(=O)N1CCC(C(=O)O)(n2cccn2)CC1. The van der Waals surface area contributed by atoms with E-state index in [-0.39, 0.29) is 0 Å². The zero-order valence-corrected chi connectivity index (χ0v) is 12.6. The van der Waals surface area contributed by atoms with Crippen molar-refractivity contribution in [3.8, 4) is 0 Å². The number of carbonyl (C=O) groups is 2. The summed E-state index contributed by atoms with van der Waals surface area (Å²) in [5, 5.41) is 13.6. The average Bonchev–Trinajstić information content (AvgIpc) is 2.90. The smallest absolute Gasteiger partial charge is 0.410 e. The molecule has 0 aliphatic carbocycles. The van der Waals surface area contributed by atoms with Crippen LogP contribution in [0.25, 0.3) is 0 Å². The molecule has 1 aromatic rings. The number of piperidine rings is 1. The zero-order chi connectivity index (χ0) is 15.7. The average molecular weight is 295 g/mol. The molecule has 116 valence electrons. The molecule has 1 aliphatic heterocycles. The van der Waals surface area contributed by atoms with Crippen LogP contribution in [0.2, 0.25) is 0 Å². The topological polar surface area (TPSA) is 84.7 Å². The summed E-state index contributed by atoms with van der Waals surface area (Å²) in [6.07, 6.45) is 3.43. The van der Waals surface area contributed by atoms with Gasteiger partial charge in [-0.25, -0.2) is 9.59 Å². The van der Waals surface area contributed by atoms with Crippen molar-refractivity contribution in [1.82, 2.24) is 14.7 Å². The molecule has 7 nitrogen and oxygen atoms in total. The van der Waals surface area contributed by atoms with E-state index in [1.165, 1.54) is 4.68 Å². The summed E-state index contributed by atoms with van der Waals surface area (Å²) in [5.74, 6) is -0.921. The fraction of sp³-hybridized carbons (Fsp3) is 0.643. The minimum atomic E-state index is -1.08. The number of likely N-dealkylation sites (tertiary alicyclic amines) is 1. The Morgan fingerprint density at radius 2 is 1.90 bits per heavy atom. The highest BCUT2D eigenvalue weighted by atomic mass is 16.6. The van der Waals surface area contributed by atoms with Crippen LogP contribution in [0.15, 0.2) is 18.5 Å². The molecule has 1 aromatic heterocycles. The lowest BCUT2D eigenvalue weighted by Gasteiger charge is -2.39. The first-order valence-electron chi connectivity index (χ1n) is 6.96. The monoisotopic (exact) mass is 295 g/mol. The summed E-state index contributed by atoms with van der Waals surface area (Å²) in [5.41, 5.74) is -1.64. The third-order valence-electron chi connectivity index (χ3n) is 3.58. The fourth-order valence-electron chi connectivity index (χ4n) is 2.45. The van der Waals surface area contributed by atoms with E-state index in [9.17, 15) is 14.7 Å². The van der Waals surface area contributed by atoms with Crippen molar-refractivity contribution in [2.45, 2.75) is 44.8 Å². The van der Waals surface area contributed by atoms with Gasteiger partial charge in [-0.1, -0.05) is 0 Å². The van der Waals surface area contributed by atoms with Gasteiger partial charge in [0.1, 0.15) is 5.60 Å². The van der Waals surface area contributed by atoms with Gasteiger partial charge in [-0.05, 0) is 26.8 Å². The number of aliphatic carboxylic acids is 1. The molecule has 0 unspecified atom stereocenters. The molecule has 0 spiro atoms. The summed E-state index contributed by atoms with van der Waals surface area (Å²) in [6.45, 7) is 6.09. The van der Waals surface area contributed by atoms with Crippen LogP contribution in [0.4, 0.5) is 4.79 Å². The Hall–Kier alpha value is -2.05. The highest BCUT2D eigenvalue weighted by molar-refractivity contribution is 5.77. The Morgan fingerprint density at radius 1 is 1.29 bits per heavy atom. The molecule has 1 aliphatic rings. The molecule has 0 saturated carbocycles. The standard InChI is InChI=1S/C14H21N3O4/c1-13(2,3)21-12(20)16-9-5-14(6-10-16,11(18)19)17-8-4-7-15-17/h4,7-8H,5-6,9-10H2,1-3H3,(H,18,19). The van der Waals surface area contributed by atoms with E-state index in [1.54, 1.807) is 44.1 Å². The van der Waals surface area contributed by atoms with E-state index in [0.29, 0.717) is 25.9 Å². The molecule has 0 radical (unpaired) electrons. The lowest BCUT2D eigenvalue weighted by molar-refractivity contribution is -0.151. The second-order valence-electron chi connectivity index (χ2n) is 6.25. The molecule has 1 fully saturated rings. The van der Waals surface area contributed by atoms with Crippen LogP contribution in [0, 0.1) is 0 Å². The number of hydrogen-bond acceptors (Lipinski definition) is 4. The first-order chi connectivity index (χ1) is 9.74. The molecule has 0 atom stereocenters. The van der Waals surface area contributed by atoms with Crippen LogP contribution < -0.4 is 0 Å². The molecule has 7 heteroatoms. The number of carbonyl (C=O) groups excluding carboxylic acids is 1. The Labute approximate surface area is 123 Å². The van der Waals surface area contributed by atoms with Gasteiger partial charge >= 0.3 is 12.1 Å². The van der Waals surface area contributed by atoms with Crippen molar-refractivity contribution in [3.63, 3.8) is 0 Å². The number of rotatable bonds is 2. The van der Waals surface area contributed by atoms with Gasteiger partial charge < -0.3 is 14.7 Å². The second-order valence-corrected chi connectivity index (χ2v) is 6.25. The van der Waals surface area contributed by atoms with E-state index in [0.717, 1.165) is 0 Å². The maximum Gasteiger partial charge on any atom is 0.410 e. The predicted octanol–water partition coefficient (Wildman–Crippen LogP) is 1.69. The van der Waals surface area contributed by atoms with Crippen molar-refractivity contribution < 1.29 is 19.4 Å². The molecule has 2 rings (SSSR count). The normalized spacial score (nSPS) is 18.3. The number of ether oxygens (including phenoxy) is 1. The van der Waals surface area contributed by atoms with Crippen molar-refractivity contribution in [3.05, 3.63) is 18.5 Å². The Morgan fingerprint density at radius 3 is 2.33 bits per heavy atom. The van der Waals surface area contributed by atoms with E-state index >= 15 is 0 Å². The van der Waals surface area contributed by atoms with Crippen LogP contribution >= 0.6 is 0 Å². The van der Waals surface area contributed by atoms with Crippen molar-refractivity contribution >= 4 is 12.1 Å². The van der Waals surface area contributed by atoms with Gasteiger partial charge in [0.05, 0.1) is 0 Å². The van der Waals surface area contributed by atoms with Gasteiger partial charge in [0.15, 0.2) is 5.54 Å². The third kappa shape index (κ3) is 3.17. The lowest BCUT2D eigenvalue weighted by Crippen LogP contribution is -2.53. The number of nitrogens with zero attached hydrogens (tertiary/aromatic N) is 3. The second kappa shape index (κ2) is 5.38. The number of aromatic nitrogens is 2. The van der Waals surface area contributed by atoms with Crippen LogP contribution in [-0.4, -0.2) is 50.5 Å². The van der Waals surface area contributed by atoms with Crippen LogP contribution in [0.1, 0.15) is 33.6 Å². The molecule has 0 bridgehead atoms. The highest BCUT2D eigenvalue weighted by Gasteiger charge is 2.45. The van der Waals surface area contributed by atoms with Gasteiger partial charge in [-0.2, -0.15) is 5.10 Å². The van der Waals surface area contributed by atoms with E-state index in [1.807, 2.05) is 0 Å². The maximum atomic E-state index is 12.0. The number of amides is 1. The van der Waals surface area contributed by atoms with E-state index in [2.05, 4.69) is 5.10 Å². The highest BCUT2D eigenvalue weighted by Crippen LogP contribution is 2.30. The van der Waals surface area contributed by atoms with Gasteiger partial charge in [-0.15, -0.1) is 0 Å². The fourth-order valence-corrected chi connectivity index (χ4v) is 2.45. The van der Waals surface area contributed by atoms with Crippen LogP contribution in [0.3, 0.4) is 0 Å².